The summed E-state index contributed by atoms with van der Waals surface area (Å²) < 4.78 is 0. The summed E-state index contributed by atoms with van der Waals surface area (Å²) in [6.45, 7) is 7.44. The van der Waals surface area contributed by atoms with Crippen molar-refractivity contribution >= 4 is 12.0 Å². The number of hydrogen-bond acceptors (Lipinski definition) is 2. The first-order valence-corrected chi connectivity index (χ1v) is 7.75. The van der Waals surface area contributed by atoms with Gasteiger partial charge >= 0.3 is 12.0 Å². The number of carbonyl (C=O) groups is 2. The lowest BCUT2D eigenvalue weighted by Gasteiger charge is -2.38. The van der Waals surface area contributed by atoms with Crippen LogP contribution in [0.1, 0.15) is 59.3 Å². The quantitative estimate of drug-likeness (QED) is 0.788. The van der Waals surface area contributed by atoms with Gasteiger partial charge in [-0.3, -0.25) is 0 Å². The molecule has 2 atom stereocenters. The van der Waals surface area contributed by atoms with Gasteiger partial charge in [-0.2, -0.15) is 0 Å². The summed E-state index contributed by atoms with van der Waals surface area (Å²) in [7, 11) is 0. The molecule has 1 fully saturated rings. The van der Waals surface area contributed by atoms with Crippen molar-refractivity contribution in [3.8, 4) is 0 Å². The Morgan fingerprint density at radius 1 is 1.30 bits per heavy atom. The van der Waals surface area contributed by atoms with Crippen LogP contribution in [0.15, 0.2) is 0 Å². The fourth-order valence-electron chi connectivity index (χ4n) is 3.05. The Kier molecular flexibility index (Phi) is 6.30. The molecule has 116 valence electrons. The van der Waals surface area contributed by atoms with Gasteiger partial charge in [0, 0.05) is 13.1 Å². The molecule has 2 amide bonds. The Morgan fingerprint density at radius 3 is 2.35 bits per heavy atom. The maximum absolute atomic E-state index is 12.4. The molecular formula is C15H28N2O3. The van der Waals surface area contributed by atoms with Crippen LogP contribution in [-0.2, 0) is 4.79 Å². The molecule has 0 aromatic rings. The molecule has 5 nitrogen and oxygen atoms in total. The lowest BCUT2D eigenvalue weighted by Crippen LogP contribution is -2.59. The lowest BCUT2D eigenvalue weighted by molar-refractivity contribution is -0.146. The topological polar surface area (TPSA) is 69.6 Å². The zero-order valence-electron chi connectivity index (χ0n) is 12.9. The molecule has 20 heavy (non-hydrogen) atoms. The van der Waals surface area contributed by atoms with Crippen molar-refractivity contribution in [2.45, 2.75) is 64.8 Å². The number of aliphatic carboxylic acids is 1. The number of carboxylic acids is 1. The highest BCUT2D eigenvalue weighted by atomic mass is 16.4. The average molecular weight is 284 g/mol. The van der Waals surface area contributed by atoms with Gasteiger partial charge in [-0.05, 0) is 31.6 Å². The highest BCUT2D eigenvalue weighted by Crippen LogP contribution is 2.32. The SMILES string of the molecule is CCCN(CCC)C(=O)NC1(C(=O)O)CCCC(C)C1. The second-order valence-corrected chi connectivity index (χ2v) is 6.01. The Labute approximate surface area is 121 Å². The van der Waals surface area contributed by atoms with E-state index >= 15 is 0 Å². The van der Waals surface area contributed by atoms with Crippen LogP contribution in [0, 0.1) is 5.92 Å². The van der Waals surface area contributed by atoms with Crippen LogP contribution in [0.25, 0.3) is 0 Å². The fourth-order valence-corrected chi connectivity index (χ4v) is 3.05. The Bertz CT molecular complexity index is 340. The summed E-state index contributed by atoms with van der Waals surface area (Å²) in [5.41, 5.74) is -1.07. The average Bonchev–Trinajstić information content (AvgIpc) is 2.38. The summed E-state index contributed by atoms with van der Waals surface area (Å²) in [5.74, 6) is -0.559. The molecule has 0 bridgehead atoms. The van der Waals surface area contributed by atoms with E-state index in [2.05, 4.69) is 12.2 Å². The van der Waals surface area contributed by atoms with Crippen LogP contribution in [0.3, 0.4) is 0 Å². The normalized spacial score (nSPS) is 26.1. The molecule has 5 heteroatoms. The molecule has 0 spiro atoms. The molecule has 0 saturated heterocycles. The van der Waals surface area contributed by atoms with Crippen molar-refractivity contribution in [1.82, 2.24) is 10.2 Å². The molecule has 2 N–H and O–H groups in total. The molecule has 0 aliphatic heterocycles. The highest BCUT2D eigenvalue weighted by molar-refractivity contribution is 5.86. The van der Waals surface area contributed by atoms with Crippen molar-refractivity contribution in [1.29, 1.82) is 0 Å². The minimum Gasteiger partial charge on any atom is -0.480 e. The van der Waals surface area contributed by atoms with Crippen LogP contribution < -0.4 is 5.32 Å². The number of rotatable bonds is 6. The number of nitrogens with zero attached hydrogens (tertiary/aromatic N) is 1. The van der Waals surface area contributed by atoms with E-state index in [1.54, 1.807) is 4.90 Å². The molecule has 0 heterocycles. The summed E-state index contributed by atoms with van der Waals surface area (Å²) in [5, 5.41) is 12.4. The van der Waals surface area contributed by atoms with Crippen LogP contribution >= 0.6 is 0 Å². The van der Waals surface area contributed by atoms with Gasteiger partial charge in [-0.15, -0.1) is 0 Å². The van der Waals surface area contributed by atoms with Crippen LogP contribution in [0.5, 0.6) is 0 Å². The smallest absolute Gasteiger partial charge is 0.329 e. The van der Waals surface area contributed by atoms with Gasteiger partial charge in [0.15, 0.2) is 0 Å². The monoisotopic (exact) mass is 284 g/mol. The Balaban J connectivity index is 2.78. The van der Waals surface area contributed by atoms with E-state index in [1.165, 1.54) is 0 Å². The molecule has 1 saturated carbocycles. The second-order valence-electron chi connectivity index (χ2n) is 6.01. The maximum Gasteiger partial charge on any atom is 0.329 e. The number of carboxylic acid groups (broad SMARTS) is 1. The third-order valence-corrected chi connectivity index (χ3v) is 4.03. The van der Waals surface area contributed by atoms with Gasteiger partial charge in [0.25, 0.3) is 0 Å². The van der Waals surface area contributed by atoms with Crippen LogP contribution in [-0.4, -0.2) is 40.6 Å². The number of nitrogens with one attached hydrogen (secondary N) is 1. The van der Waals surface area contributed by atoms with Crippen molar-refractivity contribution in [2.75, 3.05) is 13.1 Å². The first-order valence-electron chi connectivity index (χ1n) is 7.75. The molecular weight excluding hydrogens is 256 g/mol. The van der Waals surface area contributed by atoms with Gasteiger partial charge in [-0.25, -0.2) is 9.59 Å². The third-order valence-electron chi connectivity index (χ3n) is 4.03. The van der Waals surface area contributed by atoms with E-state index in [0.29, 0.717) is 31.8 Å². The molecule has 0 aromatic heterocycles. The number of hydrogen-bond donors (Lipinski definition) is 2. The summed E-state index contributed by atoms with van der Waals surface area (Å²) >= 11 is 0. The van der Waals surface area contributed by atoms with E-state index in [1.807, 2.05) is 13.8 Å². The zero-order chi connectivity index (χ0) is 15.2. The molecule has 1 aliphatic carbocycles. The molecule has 0 aromatic carbocycles. The van der Waals surface area contributed by atoms with Crippen molar-refractivity contribution < 1.29 is 14.7 Å². The lowest BCUT2D eigenvalue weighted by atomic mass is 9.76. The van der Waals surface area contributed by atoms with Crippen LogP contribution in [0.2, 0.25) is 0 Å². The largest absolute Gasteiger partial charge is 0.480 e. The first kappa shape index (κ1) is 16.8. The van der Waals surface area contributed by atoms with E-state index in [4.69, 9.17) is 0 Å². The van der Waals surface area contributed by atoms with Gasteiger partial charge in [-0.1, -0.05) is 33.6 Å². The van der Waals surface area contributed by atoms with E-state index in [9.17, 15) is 14.7 Å². The van der Waals surface area contributed by atoms with E-state index < -0.39 is 11.5 Å². The second kappa shape index (κ2) is 7.50. The standard InChI is InChI=1S/C15H28N2O3/c1-4-9-17(10-5-2)14(20)16-15(13(18)19)8-6-7-12(3)11-15/h12H,4-11H2,1-3H3,(H,16,20)(H,18,19). The first-order chi connectivity index (χ1) is 9.45. The van der Waals surface area contributed by atoms with E-state index in [0.717, 1.165) is 25.7 Å². The maximum atomic E-state index is 12.4. The summed E-state index contributed by atoms with van der Waals surface area (Å²) in [6, 6.07) is -0.231. The highest BCUT2D eigenvalue weighted by Gasteiger charge is 2.43. The summed E-state index contributed by atoms with van der Waals surface area (Å²) in [4.78, 5) is 25.7. The minimum absolute atomic E-state index is 0.231. The third kappa shape index (κ3) is 4.12. The number of amides is 2. The van der Waals surface area contributed by atoms with Gasteiger partial charge in [0.05, 0.1) is 0 Å². The molecule has 1 rings (SSSR count). The number of urea groups is 1. The Morgan fingerprint density at radius 2 is 1.90 bits per heavy atom. The summed E-state index contributed by atoms with van der Waals surface area (Å²) in [6.07, 6.45) is 4.71. The van der Waals surface area contributed by atoms with Gasteiger partial charge in [0.2, 0.25) is 0 Å². The van der Waals surface area contributed by atoms with E-state index in [-0.39, 0.29) is 6.03 Å². The predicted molar refractivity (Wildman–Crippen MR) is 78.7 cm³/mol. The van der Waals surface area contributed by atoms with Gasteiger partial charge in [0.1, 0.15) is 5.54 Å². The molecule has 0 radical (unpaired) electrons. The minimum atomic E-state index is -1.07. The van der Waals surface area contributed by atoms with Crippen molar-refractivity contribution in [2.24, 2.45) is 5.92 Å². The molecule has 2 unspecified atom stereocenters. The van der Waals surface area contributed by atoms with Crippen molar-refractivity contribution in [3.63, 3.8) is 0 Å². The van der Waals surface area contributed by atoms with Crippen molar-refractivity contribution in [3.05, 3.63) is 0 Å². The Hall–Kier alpha value is -1.26. The zero-order valence-corrected chi connectivity index (χ0v) is 12.9. The fraction of sp³-hybridized carbons (Fsp3) is 0.867. The predicted octanol–water partition coefficient (Wildman–Crippen LogP) is 2.85. The number of carbonyl (C=O) groups excluding carboxylic acids is 1. The molecule has 1 aliphatic rings. The van der Waals surface area contributed by atoms with Crippen LogP contribution in [0.4, 0.5) is 4.79 Å². The van der Waals surface area contributed by atoms with Gasteiger partial charge < -0.3 is 15.3 Å².